The second-order valence-electron chi connectivity index (χ2n) is 3.99. The summed E-state index contributed by atoms with van der Waals surface area (Å²) >= 11 is 0. The molecule has 1 rings (SSSR count). The lowest BCUT2D eigenvalue weighted by Crippen LogP contribution is -2.16. The molecule has 1 aromatic carbocycles. The van der Waals surface area contributed by atoms with E-state index < -0.39 is 6.10 Å². The molecule has 0 heterocycles. The third kappa shape index (κ3) is 3.47. The summed E-state index contributed by atoms with van der Waals surface area (Å²) in [5.41, 5.74) is 0.504. The van der Waals surface area contributed by atoms with Crippen LogP contribution in [0.4, 0.5) is 4.39 Å². The van der Waals surface area contributed by atoms with Crippen LogP contribution in [0.15, 0.2) is 18.2 Å². The van der Waals surface area contributed by atoms with Crippen LogP contribution in [0.1, 0.15) is 18.1 Å². The Kier molecular flexibility index (Phi) is 4.71. The van der Waals surface area contributed by atoms with Crippen LogP contribution in [-0.4, -0.2) is 37.8 Å². The minimum atomic E-state index is -0.701. The van der Waals surface area contributed by atoms with Crippen LogP contribution < -0.4 is 4.74 Å². The van der Waals surface area contributed by atoms with Gasteiger partial charge in [-0.2, -0.15) is 0 Å². The van der Waals surface area contributed by atoms with E-state index in [1.165, 1.54) is 25.3 Å². The quantitative estimate of drug-likeness (QED) is 0.832. The Bertz CT molecular complexity index is 342. The van der Waals surface area contributed by atoms with Crippen molar-refractivity contribution in [2.75, 3.05) is 27.7 Å². The molecule has 0 aliphatic carbocycles. The monoisotopic (exact) mass is 227 g/mol. The zero-order valence-corrected chi connectivity index (χ0v) is 9.90. The lowest BCUT2D eigenvalue weighted by atomic mass is 10.1. The van der Waals surface area contributed by atoms with Crippen molar-refractivity contribution in [2.24, 2.45) is 0 Å². The first-order valence-electron chi connectivity index (χ1n) is 5.21. The summed E-state index contributed by atoms with van der Waals surface area (Å²) < 4.78 is 18.2. The van der Waals surface area contributed by atoms with Crippen molar-refractivity contribution >= 4 is 0 Å². The highest BCUT2D eigenvalue weighted by Gasteiger charge is 2.14. The molecule has 1 atom stereocenters. The van der Waals surface area contributed by atoms with Crippen LogP contribution >= 0.6 is 0 Å². The van der Waals surface area contributed by atoms with Gasteiger partial charge in [-0.05, 0) is 38.7 Å². The fourth-order valence-electron chi connectivity index (χ4n) is 1.50. The van der Waals surface area contributed by atoms with Gasteiger partial charge in [-0.15, -0.1) is 0 Å². The molecule has 0 aliphatic rings. The maximum atomic E-state index is 13.1. The zero-order valence-electron chi connectivity index (χ0n) is 9.90. The molecular weight excluding hydrogens is 209 g/mol. The van der Waals surface area contributed by atoms with E-state index in [1.54, 1.807) is 0 Å². The Morgan fingerprint density at radius 3 is 2.69 bits per heavy atom. The maximum absolute atomic E-state index is 13.1. The normalized spacial score (nSPS) is 12.9. The number of hydrogen-bond donors (Lipinski definition) is 1. The van der Waals surface area contributed by atoms with Gasteiger partial charge in [-0.1, -0.05) is 0 Å². The Morgan fingerprint density at radius 2 is 2.12 bits per heavy atom. The highest BCUT2D eigenvalue weighted by atomic mass is 19.1. The third-order valence-corrected chi connectivity index (χ3v) is 2.40. The van der Waals surface area contributed by atoms with E-state index in [2.05, 4.69) is 0 Å². The van der Waals surface area contributed by atoms with Gasteiger partial charge in [-0.3, -0.25) is 0 Å². The smallest absolute Gasteiger partial charge is 0.124 e. The molecule has 0 saturated heterocycles. The van der Waals surface area contributed by atoms with Crippen molar-refractivity contribution in [1.82, 2.24) is 4.90 Å². The number of hydrogen-bond acceptors (Lipinski definition) is 3. The van der Waals surface area contributed by atoms with E-state index in [-0.39, 0.29) is 5.82 Å². The van der Waals surface area contributed by atoms with Gasteiger partial charge in [0.1, 0.15) is 11.6 Å². The zero-order chi connectivity index (χ0) is 12.1. The average molecular weight is 227 g/mol. The van der Waals surface area contributed by atoms with E-state index in [1.807, 2.05) is 19.0 Å². The molecular formula is C12H18FNO2. The minimum absolute atomic E-state index is 0.361. The van der Waals surface area contributed by atoms with Crippen LogP contribution in [0, 0.1) is 5.82 Å². The molecule has 0 spiro atoms. The van der Waals surface area contributed by atoms with Gasteiger partial charge < -0.3 is 14.7 Å². The molecule has 90 valence electrons. The van der Waals surface area contributed by atoms with Gasteiger partial charge >= 0.3 is 0 Å². The Hall–Kier alpha value is -1.13. The molecule has 0 aliphatic heterocycles. The van der Waals surface area contributed by atoms with Crippen LogP contribution in [0.2, 0.25) is 0 Å². The molecule has 0 aromatic heterocycles. The molecule has 0 amide bonds. The molecule has 1 N–H and O–H groups in total. The summed E-state index contributed by atoms with van der Waals surface area (Å²) in [7, 11) is 5.36. The Balaban J connectivity index is 2.80. The lowest BCUT2D eigenvalue weighted by Gasteiger charge is -2.17. The third-order valence-electron chi connectivity index (χ3n) is 2.40. The first-order chi connectivity index (χ1) is 7.54. The Morgan fingerprint density at radius 1 is 1.44 bits per heavy atom. The van der Waals surface area contributed by atoms with Crippen molar-refractivity contribution < 1.29 is 14.2 Å². The highest BCUT2D eigenvalue weighted by molar-refractivity contribution is 5.35. The summed E-state index contributed by atoms with van der Waals surface area (Å²) in [6, 6.07) is 4.17. The lowest BCUT2D eigenvalue weighted by molar-refractivity contribution is 0.150. The molecule has 0 radical (unpaired) electrons. The molecule has 0 saturated carbocycles. The number of nitrogens with zero attached hydrogens (tertiary/aromatic N) is 1. The molecule has 16 heavy (non-hydrogen) atoms. The molecule has 3 nitrogen and oxygen atoms in total. The summed E-state index contributed by atoms with van der Waals surface area (Å²) in [4.78, 5) is 1.97. The molecule has 0 bridgehead atoms. The number of benzene rings is 1. The fourth-order valence-corrected chi connectivity index (χ4v) is 1.50. The number of methoxy groups -OCH3 is 1. The SMILES string of the molecule is COc1ccc(F)cc1C(O)CCN(C)C. The average Bonchev–Trinajstić information content (AvgIpc) is 2.25. The summed E-state index contributed by atoms with van der Waals surface area (Å²) in [5, 5.41) is 9.93. The number of aliphatic hydroxyl groups excluding tert-OH is 1. The van der Waals surface area contributed by atoms with Crippen LogP contribution in [0.3, 0.4) is 0 Å². The van der Waals surface area contributed by atoms with Gasteiger partial charge in [0, 0.05) is 12.1 Å². The highest BCUT2D eigenvalue weighted by Crippen LogP contribution is 2.27. The number of halogens is 1. The fraction of sp³-hybridized carbons (Fsp3) is 0.500. The van der Waals surface area contributed by atoms with Crippen molar-refractivity contribution in [1.29, 1.82) is 0 Å². The number of ether oxygens (including phenoxy) is 1. The first-order valence-corrected chi connectivity index (χ1v) is 5.21. The second-order valence-corrected chi connectivity index (χ2v) is 3.99. The summed E-state index contributed by atoms with van der Waals surface area (Å²) in [6.07, 6.45) is -0.152. The van der Waals surface area contributed by atoms with Gasteiger partial charge in [0.2, 0.25) is 0 Å². The summed E-state index contributed by atoms with van der Waals surface area (Å²) in [6.45, 7) is 0.737. The van der Waals surface area contributed by atoms with E-state index in [9.17, 15) is 9.50 Å². The van der Waals surface area contributed by atoms with Crippen LogP contribution in [0.5, 0.6) is 5.75 Å². The van der Waals surface area contributed by atoms with Gasteiger partial charge in [-0.25, -0.2) is 4.39 Å². The first kappa shape index (κ1) is 12.9. The second kappa shape index (κ2) is 5.82. The van der Waals surface area contributed by atoms with E-state index in [4.69, 9.17) is 4.74 Å². The van der Waals surface area contributed by atoms with Crippen LogP contribution in [0.25, 0.3) is 0 Å². The van der Waals surface area contributed by atoms with Crippen molar-refractivity contribution in [2.45, 2.75) is 12.5 Å². The van der Waals surface area contributed by atoms with Crippen molar-refractivity contribution in [3.05, 3.63) is 29.6 Å². The largest absolute Gasteiger partial charge is 0.496 e. The molecule has 4 heteroatoms. The topological polar surface area (TPSA) is 32.7 Å². The Labute approximate surface area is 95.5 Å². The van der Waals surface area contributed by atoms with Crippen LogP contribution in [-0.2, 0) is 0 Å². The van der Waals surface area contributed by atoms with E-state index in [0.29, 0.717) is 17.7 Å². The minimum Gasteiger partial charge on any atom is -0.496 e. The van der Waals surface area contributed by atoms with Gasteiger partial charge in [0.05, 0.1) is 13.2 Å². The number of aliphatic hydroxyl groups is 1. The summed E-state index contributed by atoms with van der Waals surface area (Å²) in [5.74, 6) is 0.160. The maximum Gasteiger partial charge on any atom is 0.124 e. The van der Waals surface area contributed by atoms with E-state index in [0.717, 1.165) is 6.54 Å². The van der Waals surface area contributed by atoms with Crippen molar-refractivity contribution in [3.8, 4) is 5.75 Å². The van der Waals surface area contributed by atoms with E-state index >= 15 is 0 Å². The standard InChI is InChI=1S/C12H18FNO2/c1-14(2)7-6-11(15)10-8-9(13)4-5-12(10)16-3/h4-5,8,11,15H,6-7H2,1-3H3. The molecule has 1 aromatic rings. The molecule has 1 unspecified atom stereocenters. The predicted molar refractivity (Wildman–Crippen MR) is 61.1 cm³/mol. The van der Waals surface area contributed by atoms with Crippen molar-refractivity contribution in [3.63, 3.8) is 0 Å². The van der Waals surface area contributed by atoms with Gasteiger partial charge in [0.25, 0.3) is 0 Å². The van der Waals surface area contributed by atoms with Gasteiger partial charge in [0.15, 0.2) is 0 Å². The molecule has 0 fully saturated rings. The predicted octanol–water partition coefficient (Wildman–Crippen LogP) is 1.82. The number of rotatable bonds is 5.